The van der Waals surface area contributed by atoms with Crippen LogP contribution in [0.5, 0.6) is 0 Å². The Bertz CT molecular complexity index is 849. The van der Waals surface area contributed by atoms with E-state index in [2.05, 4.69) is 25.1 Å². The molecule has 2 heteroatoms. The van der Waals surface area contributed by atoms with Crippen LogP contribution in [0.25, 0.3) is 21.5 Å². The molecule has 23 heavy (non-hydrogen) atoms. The van der Waals surface area contributed by atoms with Gasteiger partial charge >= 0.3 is 0 Å². The van der Waals surface area contributed by atoms with Crippen LogP contribution >= 0.6 is 0 Å². The first-order valence-corrected chi connectivity index (χ1v) is 8.47. The quantitative estimate of drug-likeness (QED) is 0.369. The smallest absolute Gasteiger partial charge is 0.166 e. The van der Waals surface area contributed by atoms with Crippen LogP contribution in [0.1, 0.15) is 44.2 Å². The van der Waals surface area contributed by atoms with E-state index in [1.807, 2.05) is 13.0 Å². The molecule has 0 saturated heterocycles. The third-order valence-electron chi connectivity index (χ3n) is 4.56. The van der Waals surface area contributed by atoms with Gasteiger partial charge in [0.2, 0.25) is 0 Å². The molecule has 3 aromatic rings. The Morgan fingerprint density at radius 2 is 1.61 bits per heavy atom. The van der Waals surface area contributed by atoms with Gasteiger partial charge in [-0.2, -0.15) is 0 Å². The Hall–Kier alpha value is -1.96. The molecule has 0 N–H and O–H groups in total. The van der Waals surface area contributed by atoms with Crippen LogP contribution in [-0.2, 0) is 12.8 Å². The average Bonchev–Trinajstić information content (AvgIpc) is 2.57. The molecule has 3 rings (SSSR count). The first-order chi connectivity index (χ1) is 11.1. The standard InChI is InChI=1S/C21H22F2/c1-3-5-6-7-14-8-9-16-12-18-11-15(4-2)20(22)21(23)19(18)13-17(16)10-14/h8-13H,3-7H2,1-2H3. The zero-order valence-electron chi connectivity index (χ0n) is 13.8. The highest BCUT2D eigenvalue weighted by molar-refractivity contribution is 5.99. The lowest BCUT2D eigenvalue weighted by Crippen LogP contribution is -1.95. The predicted molar refractivity (Wildman–Crippen MR) is 94.0 cm³/mol. The molecule has 0 radical (unpaired) electrons. The van der Waals surface area contributed by atoms with E-state index in [1.54, 1.807) is 12.1 Å². The van der Waals surface area contributed by atoms with E-state index in [1.165, 1.54) is 24.8 Å². The number of unbranched alkanes of at least 4 members (excludes halogenated alkanes) is 2. The van der Waals surface area contributed by atoms with Crippen LogP contribution in [-0.4, -0.2) is 0 Å². The lowest BCUT2D eigenvalue weighted by molar-refractivity contribution is 0.508. The van der Waals surface area contributed by atoms with E-state index in [0.717, 1.165) is 22.6 Å². The molecule has 0 fully saturated rings. The fraction of sp³-hybridized carbons (Fsp3) is 0.333. The van der Waals surface area contributed by atoms with Gasteiger partial charge in [0.25, 0.3) is 0 Å². The minimum absolute atomic E-state index is 0.373. The van der Waals surface area contributed by atoms with E-state index in [4.69, 9.17) is 0 Å². The lowest BCUT2D eigenvalue weighted by atomic mass is 9.97. The number of rotatable bonds is 5. The van der Waals surface area contributed by atoms with Crippen molar-refractivity contribution in [1.82, 2.24) is 0 Å². The zero-order chi connectivity index (χ0) is 16.4. The van der Waals surface area contributed by atoms with Gasteiger partial charge in [-0.1, -0.05) is 44.9 Å². The Balaban J connectivity index is 2.10. The SMILES string of the molecule is CCCCCc1ccc2cc3cc(CC)c(F)c(F)c3cc2c1. The van der Waals surface area contributed by atoms with Crippen molar-refractivity contribution < 1.29 is 8.78 Å². The van der Waals surface area contributed by atoms with Gasteiger partial charge in [0, 0.05) is 5.39 Å². The van der Waals surface area contributed by atoms with Gasteiger partial charge in [0.15, 0.2) is 11.6 Å². The molecule has 0 unspecified atom stereocenters. The fourth-order valence-corrected chi connectivity index (χ4v) is 3.18. The first-order valence-electron chi connectivity index (χ1n) is 8.47. The molecular formula is C21H22F2. The number of halogens is 2. The summed E-state index contributed by atoms with van der Waals surface area (Å²) in [6, 6.07) is 11.8. The van der Waals surface area contributed by atoms with Crippen molar-refractivity contribution in [2.24, 2.45) is 0 Å². The van der Waals surface area contributed by atoms with Crippen LogP contribution < -0.4 is 0 Å². The van der Waals surface area contributed by atoms with E-state index in [0.29, 0.717) is 17.4 Å². The summed E-state index contributed by atoms with van der Waals surface area (Å²) >= 11 is 0. The van der Waals surface area contributed by atoms with Gasteiger partial charge in [-0.15, -0.1) is 0 Å². The molecule has 0 amide bonds. The summed E-state index contributed by atoms with van der Waals surface area (Å²) in [5.74, 6) is -1.43. The van der Waals surface area contributed by atoms with E-state index in [9.17, 15) is 8.78 Å². The van der Waals surface area contributed by atoms with Crippen molar-refractivity contribution >= 4 is 21.5 Å². The monoisotopic (exact) mass is 312 g/mol. The summed E-state index contributed by atoms with van der Waals surface area (Å²) in [5.41, 5.74) is 1.70. The van der Waals surface area contributed by atoms with Crippen molar-refractivity contribution in [1.29, 1.82) is 0 Å². The number of aryl methyl sites for hydroxylation is 2. The maximum Gasteiger partial charge on any atom is 0.166 e. The largest absolute Gasteiger partial charge is 0.203 e. The molecule has 0 aliphatic heterocycles. The third-order valence-corrected chi connectivity index (χ3v) is 4.56. The van der Waals surface area contributed by atoms with Gasteiger partial charge < -0.3 is 0 Å². The van der Waals surface area contributed by atoms with Crippen LogP contribution in [0.4, 0.5) is 8.78 Å². The van der Waals surface area contributed by atoms with Crippen molar-refractivity contribution in [2.75, 3.05) is 0 Å². The first kappa shape index (κ1) is 15.9. The molecule has 120 valence electrons. The van der Waals surface area contributed by atoms with Crippen LogP contribution in [0.2, 0.25) is 0 Å². The van der Waals surface area contributed by atoms with Gasteiger partial charge in [0.05, 0.1) is 0 Å². The summed E-state index contributed by atoms with van der Waals surface area (Å²) in [4.78, 5) is 0. The Labute approximate surface area is 136 Å². The van der Waals surface area contributed by atoms with Crippen molar-refractivity contribution in [3.05, 3.63) is 59.2 Å². The normalized spacial score (nSPS) is 11.5. The minimum atomic E-state index is -0.724. The Morgan fingerprint density at radius 3 is 2.35 bits per heavy atom. The van der Waals surface area contributed by atoms with E-state index >= 15 is 0 Å². The molecule has 0 atom stereocenters. The second-order valence-corrected chi connectivity index (χ2v) is 6.23. The lowest BCUT2D eigenvalue weighted by Gasteiger charge is -2.09. The minimum Gasteiger partial charge on any atom is -0.203 e. The Kier molecular flexibility index (Phi) is 4.61. The van der Waals surface area contributed by atoms with Crippen LogP contribution in [0, 0.1) is 11.6 Å². The molecule has 0 aromatic heterocycles. The second-order valence-electron chi connectivity index (χ2n) is 6.23. The molecule has 0 saturated carbocycles. The van der Waals surface area contributed by atoms with Gasteiger partial charge in [-0.3, -0.25) is 0 Å². The summed E-state index contributed by atoms with van der Waals surface area (Å²) in [6.07, 6.45) is 5.11. The van der Waals surface area contributed by atoms with Crippen molar-refractivity contribution in [3.63, 3.8) is 0 Å². The highest BCUT2D eigenvalue weighted by atomic mass is 19.2. The third kappa shape index (κ3) is 3.08. The fourth-order valence-electron chi connectivity index (χ4n) is 3.18. The van der Waals surface area contributed by atoms with Crippen LogP contribution in [0.15, 0.2) is 36.4 Å². The van der Waals surface area contributed by atoms with Crippen molar-refractivity contribution in [3.8, 4) is 0 Å². The number of fused-ring (bicyclic) bond motifs is 2. The highest BCUT2D eigenvalue weighted by Gasteiger charge is 2.13. The van der Waals surface area contributed by atoms with Gasteiger partial charge in [-0.25, -0.2) is 8.78 Å². The molecule has 0 aliphatic carbocycles. The van der Waals surface area contributed by atoms with Gasteiger partial charge in [-0.05, 0) is 64.7 Å². The number of hydrogen-bond acceptors (Lipinski definition) is 0. The molecule has 0 heterocycles. The van der Waals surface area contributed by atoms with E-state index < -0.39 is 11.6 Å². The molecule has 3 aromatic carbocycles. The average molecular weight is 312 g/mol. The maximum absolute atomic E-state index is 14.3. The topological polar surface area (TPSA) is 0 Å². The summed E-state index contributed by atoms with van der Waals surface area (Å²) in [7, 11) is 0. The molecular weight excluding hydrogens is 290 g/mol. The molecule has 0 nitrogen and oxygen atoms in total. The maximum atomic E-state index is 14.3. The van der Waals surface area contributed by atoms with Crippen molar-refractivity contribution in [2.45, 2.75) is 46.0 Å². The summed E-state index contributed by atoms with van der Waals surface area (Å²) in [5, 5.41) is 3.20. The molecule has 0 aliphatic rings. The zero-order valence-corrected chi connectivity index (χ0v) is 13.8. The highest BCUT2D eigenvalue weighted by Crippen LogP contribution is 2.29. The predicted octanol–water partition coefficient (Wildman–Crippen LogP) is 6.57. The number of hydrogen-bond donors (Lipinski definition) is 0. The summed E-state index contributed by atoms with van der Waals surface area (Å²) < 4.78 is 28.4. The molecule has 0 spiro atoms. The number of benzene rings is 3. The van der Waals surface area contributed by atoms with E-state index in [-0.39, 0.29) is 0 Å². The van der Waals surface area contributed by atoms with Crippen LogP contribution in [0.3, 0.4) is 0 Å². The summed E-state index contributed by atoms with van der Waals surface area (Å²) in [6.45, 7) is 4.03. The van der Waals surface area contributed by atoms with Gasteiger partial charge in [0.1, 0.15) is 0 Å². The second kappa shape index (κ2) is 6.66. The Morgan fingerprint density at radius 1 is 0.783 bits per heavy atom. The molecule has 0 bridgehead atoms.